The van der Waals surface area contributed by atoms with E-state index in [0.717, 1.165) is 13.0 Å². The monoisotopic (exact) mass is 216 g/mol. The van der Waals surface area contributed by atoms with Crippen LogP contribution in [0.5, 0.6) is 0 Å². The topological polar surface area (TPSA) is 38.9 Å². The van der Waals surface area contributed by atoms with E-state index in [-0.39, 0.29) is 0 Å². The summed E-state index contributed by atoms with van der Waals surface area (Å²) in [6.45, 7) is 0.730. The van der Waals surface area contributed by atoms with Gasteiger partial charge in [-0.25, -0.2) is 0 Å². The first-order valence-electron chi connectivity index (χ1n) is 5.14. The van der Waals surface area contributed by atoms with Gasteiger partial charge in [-0.2, -0.15) is 0 Å². The molecule has 0 fully saturated rings. The zero-order valence-corrected chi connectivity index (χ0v) is 9.13. The summed E-state index contributed by atoms with van der Waals surface area (Å²) in [7, 11) is 0. The normalized spacial score (nSPS) is 17.5. The van der Waals surface area contributed by atoms with Crippen molar-refractivity contribution in [2.45, 2.75) is 12.3 Å². The van der Waals surface area contributed by atoms with Gasteiger partial charge in [-0.1, -0.05) is 6.07 Å². The Morgan fingerprint density at radius 3 is 3.13 bits per heavy atom. The predicted molar refractivity (Wildman–Crippen MR) is 63.1 cm³/mol. The van der Waals surface area contributed by atoms with Crippen LogP contribution in [0.1, 0.15) is 23.5 Å². The quantitative estimate of drug-likeness (QED) is 0.838. The lowest BCUT2D eigenvalue weighted by atomic mass is 9.95. The first-order valence-corrected chi connectivity index (χ1v) is 6.02. The Kier molecular flexibility index (Phi) is 2.08. The van der Waals surface area contributed by atoms with Crippen molar-refractivity contribution in [3.63, 3.8) is 0 Å². The van der Waals surface area contributed by atoms with Crippen molar-refractivity contribution >= 4 is 11.3 Å². The highest BCUT2D eigenvalue weighted by atomic mass is 32.1. The fourth-order valence-electron chi connectivity index (χ4n) is 2.32. The zero-order chi connectivity index (χ0) is 10.3. The summed E-state index contributed by atoms with van der Waals surface area (Å²) in [5, 5.41) is 2.14. The van der Waals surface area contributed by atoms with Crippen LogP contribution in [-0.4, -0.2) is 11.5 Å². The average Bonchev–Trinajstić information content (AvgIpc) is 2.82. The van der Waals surface area contributed by atoms with Crippen molar-refractivity contribution in [3.05, 3.63) is 40.9 Å². The lowest BCUT2D eigenvalue weighted by molar-refractivity contribution is 0.741. The fraction of sp³-hybridized carbons (Fsp3) is 0.250. The van der Waals surface area contributed by atoms with E-state index in [1.165, 1.54) is 21.7 Å². The molecule has 2 aromatic rings. The Morgan fingerprint density at radius 2 is 2.27 bits per heavy atom. The highest BCUT2D eigenvalue weighted by molar-refractivity contribution is 7.13. The summed E-state index contributed by atoms with van der Waals surface area (Å²) in [5.74, 6) is 0.472. The van der Waals surface area contributed by atoms with E-state index in [1.54, 1.807) is 11.3 Å². The molecule has 3 rings (SSSR count). The number of hydrogen-bond donors (Lipinski definition) is 1. The molecule has 1 atom stereocenters. The number of aromatic nitrogens is 1. The molecule has 3 heteroatoms. The molecule has 0 saturated heterocycles. The van der Waals surface area contributed by atoms with Crippen LogP contribution in [0.3, 0.4) is 0 Å². The molecule has 2 heterocycles. The van der Waals surface area contributed by atoms with Gasteiger partial charge in [0.25, 0.3) is 0 Å². The van der Waals surface area contributed by atoms with E-state index < -0.39 is 0 Å². The second kappa shape index (κ2) is 3.43. The van der Waals surface area contributed by atoms with Gasteiger partial charge in [0, 0.05) is 12.1 Å². The van der Waals surface area contributed by atoms with Gasteiger partial charge in [-0.05, 0) is 41.6 Å². The largest absolute Gasteiger partial charge is 0.330 e. The molecular weight excluding hydrogens is 204 g/mol. The summed E-state index contributed by atoms with van der Waals surface area (Å²) >= 11 is 1.78. The number of nitrogens with zero attached hydrogens (tertiary/aromatic N) is 1. The average molecular weight is 216 g/mol. The van der Waals surface area contributed by atoms with Gasteiger partial charge in [0.2, 0.25) is 0 Å². The molecule has 2 nitrogen and oxygen atoms in total. The Hall–Kier alpha value is -1.19. The SMILES string of the molecule is NCCC1c2cccnc2-c2sccc21. The van der Waals surface area contributed by atoms with Crippen LogP contribution in [0.4, 0.5) is 0 Å². The molecule has 1 aliphatic carbocycles. The van der Waals surface area contributed by atoms with Gasteiger partial charge < -0.3 is 5.73 Å². The van der Waals surface area contributed by atoms with Crippen LogP contribution < -0.4 is 5.73 Å². The molecule has 15 heavy (non-hydrogen) atoms. The maximum atomic E-state index is 5.67. The first-order chi connectivity index (χ1) is 7.42. The lowest BCUT2D eigenvalue weighted by Crippen LogP contribution is -2.06. The summed E-state index contributed by atoms with van der Waals surface area (Å²) in [4.78, 5) is 5.81. The fourth-order valence-corrected chi connectivity index (χ4v) is 3.30. The minimum atomic E-state index is 0.472. The van der Waals surface area contributed by atoms with Crippen molar-refractivity contribution in [2.24, 2.45) is 5.73 Å². The second-order valence-electron chi connectivity index (χ2n) is 3.78. The molecule has 0 saturated carbocycles. The van der Waals surface area contributed by atoms with Crippen molar-refractivity contribution in [3.8, 4) is 10.6 Å². The maximum absolute atomic E-state index is 5.67. The molecule has 2 N–H and O–H groups in total. The smallest absolute Gasteiger partial charge is 0.0842 e. The van der Waals surface area contributed by atoms with Crippen LogP contribution in [0.2, 0.25) is 0 Å². The molecule has 2 aromatic heterocycles. The highest BCUT2D eigenvalue weighted by Gasteiger charge is 2.29. The number of pyridine rings is 1. The van der Waals surface area contributed by atoms with E-state index in [1.807, 2.05) is 12.3 Å². The third-order valence-electron chi connectivity index (χ3n) is 2.96. The molecule has 1 aliphatic rings. The van der Waals surface area contributed by atoms with Crippen molar-refractivity contribution in [2.75, 3.05) is 6.54 Å². The maximum Gasteiger partial charge on any atom is 0.0842 e. The number of hydrogen-bond acceptors (Lipinski definition) is 3. The first kappa shape index (κ1) is 9.07. The van der Waals surface area contributed by atoms with Gasteiger partial charge in [0.1, 0.15) is 0 Å². The number of rotatable bonds is 2. The second-order valence-corrected chi connectivity index (χ2v) is 4.69. The van der Waals surface area contributed by atoms with Crippen LogP contribution in [0.25, 0.3) is 10.6 Å². The third-order valence-corrected chi connectivity index (χ3v) is 3.89. The molecule has 0 amide bonds. The van der Waals surface area contributed by atoms with Crippen LogP contribution in [0.15, 0.2) is 29.8 Å². The number of nitrogens with two attached hydrogens (primary N) is 1. The van der Waals surface area contributed by atoms with Gasteiger partial charge in [0.15, 0.2) is 0 Å². The molecule has 76 valence electrons. The molecule has 0 bridgehead atoms. The highest BCUT2D eigenvalue weighted by Crippen LogP contribution is 2.47. The van der Waals surface area contributed by atoms with E-state index in [0.29, 0.717) is 5.92 Å². The summed E-state index contributed by atoms with van der Waals surface area (Å²) in [5.41, 5.74) is 9.61. The Balaban J connectivity index is 2.19. The minimum Gasteiger partial charge on any atom is -0.330 e. The summed E-state index contributed by atoms with van der Waals surface area (Å²) in [6.07, 6.45) is 2.88. The Labute approximate surface area is 92.8 Å². The van der Waals surface area contributed by atoms with E-state index in [9.17, 15) is 0 Å². The Morgan fingerprint density at radius 1 is 1.33 bits per heavy atom. The Bertz CT molecular complexity index is 490. The zero-order valence-electron chi connectivity index (χ0n) is 8.31. The van der Waals surface area contributed by atoms with E-state index >= 15 is 0 Å². The molecule has 0 aromatic carbocycles. The van der Waals surface area contributed by atoms with Crippen LogP contribution in [-0.2, 0) is 0 Å². The minimum absolute atomic E-state index is 0.472. The van der Waals surface area contributed by atoms with Crippen molar-refractivity contribution < 1.29 is 0 Å². The molecule has 0 spiro atoms. The molecule has 1 unspecified atom stereocenters. The van der Waals surface area contributed by atoms with Crippen molar-refractivity contribution in [1.82, 2.24) is 4.98 Å². The van der Waals surface area contributed by atoms with Crippen molar-refractivity contribution in [1.29, 1.82) is 0 Å². The van der Waals surface area contributed by atoms with Crippen LogP contribution >= 0.6 is 11.3 Å². The summed E-state index contributed by atoms with van der Waals surface area (Å²) in [6, 6.07) is 6.40. The molecular formula is C12H12N2S. The summed E-state index contributed by atoms with van der Waals surface area (Å²) < 4.78 is 0. The number of thiophene rings is 1. The van der Waals surface area contributed by atoms with Gasteiger partial charge in [-0.3, -0.25) is 4.98 Å². The number of fused-ring (bicyclic) bond motifs is 3. The standard InChI is InChI=1S/C12H12N2S/c13-5-3-8-9-2-1-6-14-11(9)12-10(8)4-7-15-12/h1-2,4,6-8H,3,5,13H2. The van der Waals surface area contributed by atoms with Gasteiger partial charge >= 0.3 is 0 Å². The van der Waals surface area contributed by atoms with Gasteiger partial charge in [0.05, 0.1) is 10.6 Å². The van der Waals surface area contributed by atoms with E-state index in [2.05, 4.69) is 22.5 Å². The molecule has 0 radical (unpaired) electrons. The van der Waals surface area contributed by atoms with E-state index in [4.69, 9.17) is 5.73 Å². The third kappa shape index (κ3) is 1.24. The van der Waals surface area contributed by atoms with Crippen LogP contribution in [0, 0.1) is 0 Å². The predicted octanol–water partition coefficient (Wildman–Crippen LogP) is 2.60. The van der Waals surface area contributed by atoms with Gasteiger partial charge in [-0.15, -0.1) is 11.3 Å². The molecule has 0 aliphatic heterocycles. The lowest BCUT2D eigenvalue weighted by Gasteiger charge is -2.09.